The molecule has 1 fully saturated rings. The third-order valence-corrected chi connectivity index (χ3v) is 3.42. The van der Waals surface area contributed by atoms with Crippen LogP contribution in [0.25, 0.3) is 0 Å². The van der Waals surface area contributed by atoms with Gasteiger partial charge in [-0.1, -0.05) is 12.8 Å². The predicted octanol–water partition coefficient (Wildman–Crippen LogP) is 2.31. The summed E-state index contributed by atoms with van der Waals surface area (Å²) in [4.78, 5) is 22.5. The number of benzene rings is 1. The minimum Gasteiger partial charge on any atom is -0.387 e. The molecule has 102 valence electrons. The van der Waals surface area contributed by atoms with E-state index < -0.39 is 4.92 Å². The average Bonchev–Trinajstić information content (AvgIpc) is 2.90. The Morgan fingerprint density at radius 3 is 2.63 bits per heavy atom. The molecule has 0 saturated heterocycles. The van der Waals surface area contributed by atoms with Gasteiger partial charge in [0.2, 0.25) is 0 Å². The smallest absolute Gasteiger partial charge is 0.270 e. The quantitative estimate of drug-likeness (QED) is 0.645. The summed E-state index contributed by atoms with van der Waals surface area (Å²) in [6.45, 7) is 0. The summed E-state index contributed by atoms with van der Waals surface area (Å²) >= 11 is 0. The van der Waals surface area contributed by atoms with Crippen LogP contribution in [0.2, 0.25) is 0 Å². The van der Waals surface area contributed by atoms with Crippen molar-refractivity contribution >= 4 is 17.3 Å². The second kappa shape index (κ2) is 5.69. The fourth-order valence-corrected chi connectivity index (χ4v) is 2.38. The molecule has 0 radical (unpaired) electrons. The molecule has 0 aromatic heterocycles. The Balaban J connectivity index is 2.22. The SMILES string of the molecule is CNc1ccc([N+](=O)[O-])cc1C(=O)NC1CCCC1. The molecule has 1 aromatic carbocycles. The van der Waals surface area contributed by atoms with Gasteiger partial charge in [-0.2, -0.15) is 0 Å². The number of carbonyl (C=O) groups excluding carboxylic acids is 1. The Morgan fingerprint density at radius 1 is 1.37 bits per heavy atom. The van der Waals surface area contributed by atoms with Crippen LogP contribution >= 0.6 is 0 Å². The van der Waals surface area contributed by atoms with Crippen molar-refractivity contribution in [2.24, 2.45) is 0 Å². The van der Waals surface area contributed by atoms with Gasteiger partial charge in [-0.15, -0.1) is 0 Å². The highest BCUT2D eigenvalue weighted by Gasteiger charge is 2.21. The zero-order valence-corrected chi connectivity index (χ0v) is 10.8. The highest BCUT2D eigenvalue weighted by molar-refractivity contribution is 6.00. The van der Waals surface area contributed by atoms with E-state index in [4.69, 9.17) is 0 Å². The number of nitrogens with one attached hydrogen (secondary N) is 2. The Kier molecular flexibility index (Phi) is 3.99. The molecule has 0 bridgehead atoms. The molecule has 2 N–H and O–H groups in total. The normalized spacial score (nSPS) is 15.2. The standard InChI is InChI=1S/C13H17N3O3/c1-14-12-7-6-10(16(18)19)8-11(12)13(17)15-9-4-2-3-5-9/h6-9,14H,2-5H2,1H3,(H,15,17). The van der Waals surface area contributed by atoms with Crippen molar-refractivity contribution in [2.45, 2.75) is 31.7 Å². The molecule has 0 unspecified atom stereocenters. The van der Waals surface area contributed by atoms with Crippen molar-refractivity contribution in [1.82, 2.24) is 5.32 Å². The van der Waals surface area contributed by atoms with Crippen molar-refractivity contribution in [3.63, 3.8) is 0 Å². The molecular formula is C13H17N3O3. The van der Waals surface area contributed by atoms with Crippen LogP contribution in [0.1, 0.15) is 36.0 Å². The first kappa shape index (κ1) is 13.3. The Morgan fingerprint density at radius 2 is 2.05 bits per heavy atom. The molecule has 0 heterocycles. The third-order valence-electron chi connectivity index (χ3n) is 3.42. The molecule has 1 aliphatic carbocycles. The zero-order chi connectivity index (χ0) is 13.8. The van der Waals surface area contributed by atoms with E-state index in [1.54, 1.807) is 13.1 Å². The lowest BCUT2D eigenvalue weighted by molar-refractivity contribution is -0.384. The highest BCUT2D eigenvalue weighted by Crippen LogP contribution is 2.23. The highest BCUT2D eigenvalue weighted by atomic mass is 16.6. The number of non-ortho nitro benzene ring substituents is 1. The van der Waals surface area contributed by atoms with E-state index in [1.165, 1.54) is 12.1 Å². The molecule has 19 heavy (non-hydrogen) atoms. The first-order valence-corrected chi connectivity index (χ1v) is 6.39. The van der Waals surface area contributed by atoms with Gasteiger partial charge in [-0.25, -0.2) is 0 Å². The van der Waals surface area contributed by atoms with Crippen LogP contribution in [0.4, 0.5) is 11.4 Å². The van der Waals surface area contributed by atoms with Gasteiger partial charge in [0.1, 0.15) is 0 Å². The summed E-state index contributed by atoms with van der Waals surface area (Å²) in [5.74, 6) is -0.250. The first-order valence-electron chi connectivity index (χ1n) is 6.39. The molecule has 0 aliphatic heterocycles. The number of rotatable bonds is 4. The number of nitro groups is 1. The second-order valence-electron chi connectivity index (χ2n) is 4.69. The van der Waals surface area contributed by atoms with Crippen LogP contribution in [0.5, 0.6) is 0 Å². The van der Waals surface area contributed by atoms with Gasteiger partial charge >= 0.3 is 0 Å². The van der Waals surface area contributed by atoms with Crippen molar-refractivity contribution in [3.8, 4) is 0 Å². The largest absolute Gasteiger partial charge is 0.387 e. The van der Waals surface area contributed by atoms with E-state index in [9.17, 15) is 14.9 Å². The molecule has 6 heteroatoms. The lowest BCUT2D eigenvalue weighted by Crippen LogP contribution is -2.33. The summed E-state index contributed by atoms with van der Waals surface area (Å²) < 4.78 is 0. The van der Waals surface area contributed by atoms with E-state index in [0.29, 0.717) is 11.3 Å². The van der Waals surface area contributed by atoms with Crippen molar-refractivity contribution in [1.29, 1.82) is 0 Å². The fraction of sp³-hybridized carbons (Fsp3) is 0.462. The van der Waals surface area contributed by atoms with Gasteiger partial charge in [0, 0.05) is 30.9 Å². The number of nitrogens with zero attached hydrogens (tertiary/aromatic N) is 1. The van der Waals surface area contributed by atoms with Gasteiger partial charge in [0.05, 0.1) is 10.5 Å². The topological polar surface area (TPSA) is 84.3 Å². The molecule has 6 nitrogen and oxygen atoms in total. The zero-order valence-electron chi connectivity index (χ0n) is 10.8. The number of amides is 1. The Hall–Kier alpha value is -2.11. The Bertz CT molecular complexity index is 496. The number of carbonyl (C=O) groups is 1. The first-order chi connectivity index (χ1) is 9.11. The molecule has 0 spiro atoms. The molecule has 1 saturated carbocycles. The number of hydrogen-bond acceptors (Lipinski definition) is 4. The van der Waals surface area contributed by atoms with Crippen LogP contribution in [-0.4, -0.2) is 23.9 Å². The predicted molar refractivity (Wildman–Crippen MR) is 72.4 cm³/mol. The lowest BCUT2D eigenvalue weighted by atomic mass is 10.1. The molecule has 1 aliphatic rings. The van der Waals surface area contributed by atoms with Gasteiger partial charge < -0.3 is 10.6 Å². The van der Waals surface area contributed by atoms with Crippen molar-refractivity contribution in [2.75, 3.05) is 12.4 Å². The summed E-state index contributed by atoms with van der Waals surface area (Å²) in [5.41, 5.74) is 0.847. The van der Waals surface area contributed by atoms with Gasteiger partial charge in [-0.3, -0.25) is 14.9 Å². The molecular weight excluding hydrogens is 246 g/mol. The van der Waals surface area contributed by atoms with Crippen LogP contribution in [0.3, 0.4) is 0 Å². The maximum atomic E-state index is 12.2. The maximum Gasteiger partial charge on any atom is 0.270 e. The fourth-order valence-electron chi connectivity index (χ4n) is 2.38. The third kappa shape index (κ3) is 3.01. The maximum absolute atomic E-state index is 12.2. The van der Waals surface area contributed by atoms with Crippen LogP contribution < -0.4 is 10.6 Å². The van der Waals surface area contributed by atoms with E-state index in [-0.39, 0.29) is 17.6 Å². The molecule has 2 rings (SSSR count). The number of hydrogen-bond donors (Lipinski definition) is 2. The molecule has 1 aromatic rings. The van der Waals surface area contributed by atoms with E-state index in [1.807, 2.05) is 0 Å². The number of nitro benzene ring substituents is 1. The lowest BCUT2D eigenvalue weighted by Gasteiger charge is -2.14. The number of anilines is 1. The van der Waals surface area contributed by atoms with Crippen molar-refractivity contribution in [3.05, 3.63) is 33.9 Å². The van der Waals surface area contributed by atoms with Crippen molar-refractivity contribution < 1.29 is 9.72 Å². The van der Waals surface area contributed by atoms with E-state index in [2.05, 4.69) is 10.6 Å². The molecule has 1 amide bonds. The minimum absolute atomic E-state index is 0.0735. The van der Waals surface area contributed by atoms with Crippen LogP contribution in [-0.2, 0) is 0 Å². The van der Waals surface area contributed by atoms with E-state index >= 15 is 0 Å². The average molecular weight is 263 g/mol. The molecule has 0 atom stereocenters. The summed E-state index contributed by atoms with van der Waals surface area (Å²) in [6.07, 6.45) is 4.21. The van der Waals surface area contributed by atoms with E-state index in [0.717, 1.165) is 25.7 Å². The summed E-state index contributed by atoms with van der Waals surface area (Å²) in [5, 5.41) is 16.6. The van der Waals surface area contributed by atoms with Gasteiger partial charge in [-0.05, 0) is 18.9 Å². The van der Waals surface area contributed by atoms with Gasteiger partial charge in [0.15, 0.2) is 0 Å². The van der Waals surface area contributed by atoms with Gasteiger partial charge in [0.25, 0.3) is 11.6 Å². The van der Waals surface area contributed by atoms with Crippen LogP contribution in [0.15, 0.2) is 18.2 Å². The second-order valence-corrected chi connectivity index (χ2v) is 4.69. The summed E-state index contributed by atoms with van der Waals surface area (Å²) in [6, 6.07) is 4.45. The monoisotopic (exact) mass is 263 g/mol. The summed E-state index contributed by atoms with van der Waals surface area (Å²) in [7, 11) is 1.69. The Labute approximate surface area is 111 Å². The van der Waals surface area contributed by atoms with Crippen LogP contribution in [0, 0.1) is 10.1 Å². The minimum atomic E-state index is -0.494.